The summed E-state index contributed by atoms with van der Waals surface area (Å²) in [6.07, 6.45) is 0. The van der Waals surface area contributed by atoms with Crippen LogP contribution in [0.4, 0.5) is 5.69 Å². The van der Waals surface area contributed by atoms with Crippen molar-refractivity contribution in [3.8, 4) is 0 Å². The molecule has 5 nitrogen and oxygen atoms in total. The average molecular weight is 449 g/mol. The van der Waals surface area contributed by atoms with Crippen LogP contribution >= 0.6 is 23.2 Å². The molecule has 0 aliphatic rings. The van der Waals surface area contributed by atoms with Crippen molar-refractivity contribution in [3.05, 3.63) is 94.0 Å². The zero-order valence-electron chi connectivity index (χ0n) is 15.5. The molecule has 0 aromatic heterocycles. The summed E-state index contributed by atoms with van der Waals surface area (Å²) in [5.74, 6) is -0.258. The number of nitrogens with zero attached hydrogens (tertiary/aromatic N) is 1. The Morgan fingerprint density at radius 2 is 1.62 bits per heavy atom. The fourth-order valence-corrected chi connectivity index (χ4v) is 4.15. The molecule has 0 saturated carbocycles. The lowest BCUT2D eigenvalue weighted by atomic mass is 10.1. The first kappa shape index (κ1) is 21.2. The molecule has 0 aliphatic heterocycles. The summed E-state index contributed by atoms with van der Waals surface area (Å²) in [6, 6.07) is 19.8. The van der Waals surface area contributed by atoms with Crippen molar-refractivity contribution in [2.45, 2.75) is 11.4 Å². The Morgan fingerprint density at radius 1 is 0.966 bits per heavy atom. The van der Waals surface area contributed by atoms with E-state index in [2.05, 4.69) is 4.72 Å². The molecule has 3 rings (SSSR count). The average Bonchev–Trinajstić information content (AvgIpc) is 2.68. The number of rotatable bonds is 6. The molecular formula is C21H18Cl2N2O3S. The largest absolute Gasteiger partial charge is 0.337 e. The van der Waals surface area contributed by atoms with Gasteiger partial charge in [0.1, 0.15) is 0 Å². The standard InChI is InChI=1S/C21H18Cl2N2O3S/c1-25(14-15-5-3-2-4-6-15)21(26)19-12-9-17(13-20(19)23)24-29(27,28)18-10-7-16(22)8-11-18/h2-13,24H,14H2,1H3. The van der Waals surface area contributed by atoms with E-state index >= 15 is 0 Å². The topological polar surface area (TPSA) is 66.5 Å². The fourth-order valence-electron chi connectivity index (χ4n) is 2.71. The highest BCUT2D eigenvalue weighted by molar-refractivity contribution is 7.92. The first-order valence-corrected chi connectivity index (χ1v) is 10.9. The molecule has 8 heteroatoms. The second kappa shape index (κ2) is 8.86. The Morgan fingerprint density at radius 3 is 2.24 bits per heavy atom. The second-order valence-electron chi connectivity index (χ2n) is 6.40. The van der Waals surface area contributed by atoms with Gasteiger partial charge in [-0.15, -0.1) is 0 Å². The molecule has 0 unspecified atom stereocenters. The maximum Gasteiger partial charge on any atom is 0.261 e. The summed E-state index contributed by atoms with van der Waals surface area (Å²) in [5.41, 5.74) is 1.54. The number of carbonyl (C=O) groups is 1. The molecule has 0 spiro atoms. The molecule has 1 amide bonds. The van der Waals surface area contributed by atoms with Crippen molar-refractivity contribution >= 4 is 44.8 Å². The van der Waals surface area contributed by atoms with E-state index in [4.69, 9.17) is 23.2 Å². The van der Waals surface area contributed by atoms with Crippen LogP contribution in [-0.2, 0) is 16.6 Å². The van der Waals surface area contributed by atoms with E-state index in [1.807, 2.05) is 30.3 Å². The van der Waals surface area contributed by atoms with Crippen LogP contribution in [0.3, 0.4) is 0 Å². The zero-order valence-corrected chi connectivity index (χ0v) is 17.8. The lowest BCUT2D eigenvalue weighted by Gasteiger charge is -2.18. The third-order valence-corrected chi connectivity index (χ3v) is 6.15. The molecule has 0 bridgehead atoms. The van der Waals surface area contributed by atoms with Crippen molar-refractivity contribution in [1.29, 1.82) is 0 Å². The van der Waals surface area contributed by atoms with Crippen LogP contribution in [0.25, 0.3) is 0 Å². The van der Waals surface area contributed by atoms with Crippen molar-refractivity contribution in [2.24, 2.45) is 0 Å². The Bertz CT molecular complexity index is 1120. The summed E-state index contributed by atoms with van der Waals surface area (Å²) in [7, 11) is -2.12. The maximum atomic E-state index is 12.7. The van der Waals surface area contributed by atoms with E-state index in [0.717, 1.165) is 5.56 Å². The molecule has 150 valence electrons. The number of sulfonamides is 1. The lowest BCUT2D eigenvalue weighted by Crippen LogP contribution is -2.26. The highest BCUT2D eigenvalue weighted by Crippen LogP contribution is 2.25. The van der Waals surface area contributed by atoms with Gasteiger partial charge in [0.15, 0.2) is 0 Å². The highest BCUT2D eigenvalue weighted by Gasteiger charge is 2.18. The molecule has 3 aromatic rings. The monoisotopic (exact) mass is 448 g/mol. The van der Waals surface area contributed by atoms with Gasteiger partial charge in [0.05, 0.1) is 21.2 Å². The number of anilines is 1. The molecular weight excluding hydrogens is 431 g/mol. The zero-order chi connectivity index (χ0) is 21.0. The normalized spacial score (nSPS) is 11.1. The van der Waals surface area contributed by atoms with Crippen LogP contribution in [0.15, 0.2) is 77.7 Å². The van der Waals surface area contributed by atoms with Crippen LogP contribution in [-0.4, -0.2) is 26.3 Å². The molecule has 29 heavy (non-hydrogen) atoms. The van der Waals surface area contributed by atoms with E-state index in [1.54, 1.807) is 11.9 Å². The predicted octanol–water partition coefficient (Wildman–Crippen LogP) is 5.07. The van der Waals surface area contributed by atoms with Gasteiger partial charge in [-0.2, -0.15) is 0 Å². The summed E-state index contributed by atoms with van der Waals surface area (Å²) in [5, 5.41) is 0.598. The van der Waals surface area contributed by atoms with Gasteiger partial charge in [0, 0.05) is 18.6 Å². The Balaban J connectivity index is 1.75. The van der Waals surface area contributed by atoms with Crippen molar-refractivity contribution in [3.63, 3.8) is 0 Å². The molecule has 0 aliphatic carbocycles. The number of hydrogen-bond donors (Lipinski definition) is 1. The van der Waals surface area contributed by atoms with E-state index < -0.39 is 10.0 Å². The molecule has 0 fully saturated rings. The lowest BCUT2D eigenvalue weighted by molar-refractivity contribution is 0.0785. The van der Waals surface area contributed by atoms with Gasteiger partial charge in [-0.25, -0.2) is 8.42 Å². The number of amides is 1. The minimum absolute atomic E-state index is 0.0702. The summed E-state index contributed by atoms with van der Waals surface area (Å²) >= 11 is 12.1. The van der Waals surface area contributed by atoms with Crippen LogP contribution < -0.4 is 4.72 Å². The van der Waals surface area contributed by atoms with Gasteiger partial charge < -0.3 is 4.90 Å². The van der Waals surface area contributed by atoms with Gasteiger partial charge >= 0.3 is 0 Å². The van der Waals surface area contributed by atoms with E-state index in [-0.39, 0.29) is 21.5 Å². The number of benzene rings is 3. The SMILES string of the molecule is CN(Cc1ccccc1)C(=O)c1ccc(NS(=O)(=O)c2ccc(Cl)cc2)cc1Cl. The Hall–Kier alpha value is -2.54. The molecule has 0 radical (unpaired) electrons. The van der Waals surface area contributed by atoms with Gasteiger partial charge in [-0.05, 0) is 48.0 Å². The quantitative estimate of drug-likeness (QED) is 0.572. The smallest absolute Gasteiger partial charge is 0.261 e. The number of nitrogens with one attached hydrogen (secondary N) is 1. The van der Waals surface area contributed by atoms with Crippen molar-refractivity contribution in [2.75, 3.05) is 11.8 Å². The predicted molar refractivity (Wildman–Crippen MR) is 116 cm³/mol. The van der Waals surface area contributed by atoms with E-state index in [9.17, 15) is 13.2 Å². The maximum absolute atomic E-state index is 12.7. The second-order valence-corrected chi connectivity index (χ2v) is 8.93. The van der Waals surface area contributed by atoms with E-state index in [1.165, 1.54) is 42.5 Å². The van der Waals surface area contributed by atoms with Crippen LogP contribution in [0.5, 0.6) is 0 Å². The molecule has 3 aromatic carbocycles. The Kier molecular flexibility index (Phi) is 6.47. The molecule has 0 heterocycles. The molecule has 0 atom stereocenters. The van der Waals surface area contributed by atoms with Gasteiger partial charge in [-0.1, -0.05) is 53.5 Å². The molecule has 1 N–H and O–H groups in total. The minimum Gasteiger partial charge on any atom is -0.337 e. The van der Waals surface area contributed by atoms with Crippen LogP contribution in [0.1, 0.15) is 15.9 Å². The fraction of sp³-hybridized carbons (Fsp3) is 0.0952. The van der Waals surface area contributed by atoms with Gasteiger partial charge in [-0.3, -0.25) is 9.52 Å². The summed E-state index contributed by atoms with van der Waals surface area (Å²) in [4.78, 5) is 14.3. The van der Waals surface area contributed by atoms with Gasteiger partial charge in [0.25, 0.3) is 15.9 Å². The van der Waals surface area contributed by atoms with Crippen molar-refractivity contribution in [1.82, 2.24) is 4.90 Å². The minimum atomic E-state index is -3.80. The third-order valence-electron chi connectivity index (χ3n) is 4.18. The summed E-state index contributed by atoms with van der Waals surface area (Å²) in [6.45, 7) is 0.431. The Labute approximate surface area is 179 Å². The number of hydrogen-bond acceptors (Lipinski definition) is 3. The molecule has 0 saturated heterocycles. The van der Waals surface area contributed by atoms with Gasteiger partial charge in [0.2, 0.25) is 0 Å². The highest BCUT2D eigenvalue weighted by atomic mass is 35.5. The number of halogens is 2. The first-order chi connectivity index (χ1) is 13.8. The summed E-state index contributed by atoms with van der Waals surface area (Å²) < 4.78 is 27.4. The first-order valence-electron chi connectivity index (χ1n) is 8.63. The van der Waals surface area contributed by atoms with Crippen LogP contribution in [0.2, 0.25) is 10.0 Å². The number of carbonyl (C=O) groups excluding carboxylic acids is 1. The van der Waals surface area contributed by atoms with Crippen LogP contribution in [0, 0.1) is 0 Å². The van der Waals surface area contributed by atoms with Crippen molar-refractivity contribution < 1.29 is 13.2 Å². The third kappa shape index (κ3) is 5.29. The van der Waals surface area contributed by atoms with E-state index in [0.29, 0.717) is 17.1 Å².